The predicted molar refractivity (Wildman–Crippen MR) is 157 cm³/mol. The Hall–Kier alpha value is -4.63. The number of aryl methyl sites for hydroxylation is 1. The van der Waals surface area contributed by atoms with E-state index in [1.54, 1.807) is 30.3 Å². The number of ether oxygens (including phenoxy) is 1. The molecule has 1 saturated heterocycles. The summed E-state index contributed by atoms with van der Waals surface area (Å²) in [5, 5.41) is 5.62. The van der Waals surface area contributed by atoms with E-state index in [4.69, 9.17) is 4.74 Å². The molecule has 2 N–H and O–H groups in total. The average molecular weight is 574 g/mol. The van der Waals surface area contributed by atoms with Gasteiger partial charge in [0.05, 0.1) is 18.8 Å². The fourth-order valence-electron chi connectivity index (χ4n) is 4.80. The van der Waals surface area contributed by atoms with Crippen molar-refractivity contribution >= 4 is 23.2 Å². The Morgan fingerprint density at radius 2 is 1.52 bits per heavy atom. The Balaban J connectivity index is 1.23. The third-order valence-corrected chi connectivity index (χ3v) is 7.17. The fourth-order valence-corrected chi connectivity index (χ4v) is 4.80. The van der Waals surface area contributed by atoms with Crippen LogP contribution in [-0.4, -0.2) is 38.1 Å². The molecular formula is C33H30F3N3O3. The van der Waals surface area contributed by atoms with E-state index in [1.165, 1.54) is 12.1 Å². The van der Waals surface area contributed by atoms with E-state index < -0.39 is 17.6 Å². The van der Waals surface area contributed by atoms with Gasteiger partial charge in [-0.25, -0.2) is 0 Å². The number of benzene rings is 4. The monoisotopic (exact) mass is 573 g/mol. The number of morpholine rings is 1. The van der Waals surface area contributed by atoms with Crippen molar-refractivity contribution < 1.29 is 27.5 Å². The summed E-state index contributed by atoms with van der Waals surface area (Å²) in [6, 6.07) is 24.9. The maximum Gasteiger partial charge on any atom is 0.416 e. The number of nitrogens with zero attached hydrogens (tertiary/aromatic N) is 1. The molecule has 2 amide bonds. The zero-order valence-electron chi connectivity index (χ0n) is 23.0. The number of anilines is 2. The quantitative estimate of drug-likeness (QED) is 0.258. The first-order valence-corrected chi connectivity index (χ1v) is 13.6. The van der Waals surface area contributed by atoms with Gasteiger partial charge in [-0.15, -0.1) is 0 Å². The molecule has 0 aromatic heterocycles. The minimum absolute atomic E-state index is 0.0310. The molecule has 9 heteroatoms. The SMILES string of the molecule is Cc1ccc(C(=O)Nc2ccc(N3CCOCC3)cc2)cc1-c1ccc(C(=O)NCc2cccc(C(F)(F)F)c2)cc1. The normalized spacial score (nSPS) is 13.5. The number of hydrogen-bond donors (Lipinski definition) is 2. The molecule has 5 rings (SSSR count). The van der Waals surface area contributed by atoms with Crippen molar-refractivity contribution in [3.8, 4) is 11.1 Å². The van der Waals surface area contributed by atoms with Gasteiger partial charge < -0.3 is 20.3 Å². The van der Waals surface area contributed by atoms with Gasteiger partial charge in [0.15, 0.2) is 0 Å². The van der Waals surface area contributed by atoms with Crippen LogP contribution in [0.25, 0.3) is 11.1 Å². The zero-order chi connectivity index (χ0) is 29.7. The first-order chi connectivity index (χ1) is 20.2. The number of amides is 2. The Morgan fingerprint density at radius 3 is 2.21 bits per heavy atom. The lowest BCUT2D eigenvalue weighted by molar-refractivity contribution is -0.137. The fraction of sp³-hybridized carbons (Fsp3) is 0.212. The molecule has 0 aliphatic carbocycles. The molecular weight excluding hydrogens is 543 g/mol. The standard InChI is InChI=1S/C33H30F3N3O3/c1-22-5-6-26(32(41)38-28-11-13-29(14-12-28)39-15-17-42-18-16-39)20-30(22)24-7-9-25(10-8-24)31(40)37-21-23-3-2-4-27(19-23)33(34,35)36/h2-14,19-20H,15-18,21H2,1H3,(H,37,40)(H,38,41). The van der Waals surface area contributed by atoms with Gasteiger partial charge in [0, 0.05) is 42.1 Å². The highest BCUT2D eigenvalue weighted by Gasteiger charge is 2.30. The maximum absolute atomic E-state index is 13.1. The number of hydrogen-bond acceptors (Lipinski definition) is 4. The van der Waals surface area contributed by atoms with Crippen LogP contribution in [0.2, 0.25) is 0 Å². The molecule has 216 valence electrons. The van der Waals surface area contributed by atoms with Gasteiger partial charge in [-0.1, -0.05) is 30.3 Å². The molecule has 4 aromatic rings. The highest BCUT2D eigenvalue weighted by Crippen LogP contribution is 2.30. The predicted octanol–water partition coefficient (Wildman–Crippen LogP) is 6.70. The summed E-state index contributed by atoms with van der Waals surface area (Å²) in [5.41, 5.74) is 4.88. The molecule has 1 heterocycles. The third kappa shape index (κ3) is 6.98. The van der Waals surface area contributed by atoms with Crippen LogP contribution in [0.3, 0.4) is 0 Å². The second-order valence-corrected chi connectivity index (χ2v) is 10.1. The molecule has 42 heavy (non-hydrogen) atoms. The first kappa shape index (κ1) is 28.9. The van der Waals surface area contributed by atoms with Crippen LogP contribution in [0.5, 0.6) is 0 Å². The molecule has 0 unspecified atom stereocenters. The molecule has 1 aliphatic heterocycles. The highest BCUT2D eigenvalue weighted by molar-refractivity contribution is 6.05. The summed E-state index contributed by atoms with van der Waals surface area (Å²) in [5.74, 6) is -0.635. The van der Waals surface area contributed by atoms with E-state index in [0.717, 1.165) is 47.6 Å². The van der Waals surface area contributed by atoms with E-state index in [2.05, 4.69) is 15.5 Å². The molecule has 0 radical (unpaired) electrons. The van der Waals surface area contributed by atoms with Crippen LogP contribution < -0.4 is 15.5 Å². The van der Waals surface area contributed by atoms with Crippen molar-refractivity contribution in [3.63, 3.8) is 0 Å². The van der Waals surface area contributed by atoms with Crippen molar-refractivity contribution in [2.75, 3.05) is 36.5 Å². The minimum Gasteiger partial charge on any atom is -0.378 e. The summed E-state index contributed by atoms with van der Waals surface area (Å²) in [6.07, 6.45) is -4.44. The van der Waals surface area contributed by atoms with Gasteiger partial charge in [-0.3, -0.25) is 9.59 Å². The van der Waals surface area contributed by atoms with Crippen LogP contribution in [0.1, 0.15) is 37.4 Å². The van der Waals surface area contributed by atoms with E-state index in [9.17, 15) is 22.8 Å². The van der Waals surface area contributed by atoms with Gasteiger partial charge in [0.25, 0.3) is 11.8 Å². The van der Waals surface area contributed by atoms with Crippen molar-refractivity contribution in [2.45, 2.75) is 19.6 Å². The molecule has 1 fully saturated rings. The Morgan fingerprint density at radius 1 is 0.833 bits per heavy atom. The van der Waals surface area contributed by atoms with Crippen molar-refractivity contribution in [3.05, 3.63) is 119 Å². The largest absolute Gasteiger partial charge is 0.416 e. The molecule has 4 aromatic carbocycles. The van der Waals surface area contributed by atoms with Crippen LogP contribution in [0.15, 0.2) is 91.0 Å². The van der Waals surface area contributed by atoms with Crippen molar-refractivity contribution in [2.24, 2.45) is 0 Å². The Bertz CT molecular complexity index is 1560. The molecule has 0 saturated carbocycles. The van der Waals surface area contributed by atoms with E-state index in [0.29, 0.717) is 35.6 Å². The van der Waals surface area contributed by atoms with E-state index in [-0.39, 0.29) is 12.5 Å². The van der Waals surface area contributed by atoms with Gasteiger partial charge in [-0.2, -0.15) is 13.2 Å². The average Bonchev–Trinajstić information content (AvgIpc) is 3.01. The van der Waals surface area contributed by atoms with Gasteiger partial charge >= 0.3 is 6.18 Å². The number of carbonyl (C=O) groups excluding carboxylic acids is 2. The highest BCUT2D eigenvalue weighted by atomic mass is 19.4. The smallest absolute Gasteiger partial charge is 0.378 e. The summed E-state index contributed by atoms with van der Waals surface area (Å²) in [6.45, 7) is 4.99. The van der Waals surface area contributed by atoms with Crippen LogP contribution in [-0.2, 0) is 17.5 Å². The summed E-state index contributed by atoms with van der Waals surface area (Å²) in [4.78, 5) is 27.9. The van der Waals surface area contributed by atoms with E-state index >= 15 is 0 Å². The second-order valence-electron chi connectivity index (χ2n) is 10.1. The Kier molecular flexibility index (Phi) is 8.59. The van der Waals surface area contributed by atoms with Crippen molar-refractivity contribution in [1.29, 1.82) is 0 Å². The van der Waals surface area contributed by atoms with Crippen LogP contribution >= 0.6 is 0 Å². The molecule has 0 atom stereocenters. The first-order valence-electron chi connectivity index (χ1n) is 13.6. The third-order valence-electron chi connectivity index (χ3n) is 7.17. The second kappa shape index (κ2) is 12.5. The lowest BCUT2D eigenvalue weighted by Crippen LogP contribution is -2.36. The molecule has 6 nitrogen and oxygen atoms in total. The number of nitrogens with one attached hydrogen (secondary N) is 2. The van der Waals surface area contributed by atoms with Crippen LogP contribution in [0, 0.1) is 6.92 Å². The summed E-state index contributed by atoms with van der Waals surface area (Å²) >= 11 is 0. The topological polar surface area (TPSA) is 70.7 Å². The lowest BCUT2D eigenvalue weighted by Gasteiger charge is -2.28. The molecule has 0 spiro atoms. The van der Waals surface area contributed by atoms with Gasteiger partial charge in [0.1, 0.15) is 0 Å². The molecule has 1 aliphatic rings. The van der Waals surface area contributed by atoms with E-state index in [1.807, 2.05) is 43.3 Å². The number of carbonyl (C=O) groups is 2. The zero-order valence-corrected chi connectivity index (χ0v) is 23.0. The lowest BCUT2D eigenvalue weighted by atomic mass is 9.97. The minimum atomic E-state index is -4.44. The Labute approximate surface area is 242 Å². The van der Waals surface area contributed by atoms with Crippen LogP contribution in [0.4, 0.5) is 24.5 Å². The summed E-state index contributed by atoms with van der Waals surface area (Å²) < 4.78 is 44.3. The van der Waals surface area contributed by atoms with Gasteiger partial charge in [0.2, 0.25) is 0 Å². The summed E-state index contributed by atoms with van der Waals surface area (Å²) in [7, 11) is 0. The van der Waals surface area contributed by atoms with Gasteiger partial charge in [-0.05, 0) is 89.8 Å². The number of alkyl halides is 3. The number of rotatable bonds is 7. The van der Waals surface area contributed by atoms with Crippen molar-refractivity contribution in [1.82, 2.24) is 5.32 Å². The number of halogens is 3. The molecule has 0 bridgehead atoms. The maximum atomic E-state index is 13.1.